The van der Waals surface area contributed by atoms with E-state index in [0.717, 1.165) is 17.7 Å². The summed E-state index contributed by atoms with van der Waals surface area (Å²) in [5.41, 5.74) is 1.11. The van der Waals surface area contributed by atoms with Gasteiger partial charge in [0.15, 0.2) is 0 Å². The molecule has 0 spiro atoms. The molecule has 0 aromatic heterocycles. The Morgan fingerprint density at radius 1 is 1.31 bits per heavy atom. The van der Waals surface area contributed by atoms with E-state index >= 15 is 0 Å². The van der Waals surface area contributed by atoms with Gasteiger partial charge in [-0.1, -0.05) is 36.7 Å². The van der Waals surface area contributed by atoms with E-state index < -0.39 is 0 Å². The molecule has 0 amide bonds. The van der Waals surface area contributed by atoms with E-state index in [9.17, 15) is 4.39 Å². The predicted molar refractivity (Wildman–Crippen MR) is 68.6 cm³/mol. The summed E-state index contributed by atoms with van der Waals surface area (Å²) in [4.78, 5) is 0. The molecule has 90 valence electrons. The zero-order valence-electron chi connectivity index (χ0n) is 10.0. The molecule has 1 aromatic rings. The van der Waals surface area contributed by atoms with Gasteiger partial charge in [0.2, 0.25) is 0 Å². The fourth-order valence-electron chi connectivity index (χ4n) is 1.26. The molecule has 0 aliphatic heterocycles. The summed E-state index contributed by atoms with van der Waals surface area (Å²) in [5.74, 6) is 0.542. The van der Waals surface area contributed by atoms with Crippen molar-refractivity contribution in [2.24, 2.45) is 5.41 Å². The number of alkyl halides is 1. The molecule has 16 heavy (non-hydrogen) atoms. The number of halogens is 2. The smallest absolute Gasteiger partial charge is 0.123 e. The van der Waals surface area contributed by atoms with Crippen molar-refractivity contribution < 1.29 is 9.13 Å². The summed E-state index contributed by atoms with van der Waals surface area (Å²) in [6.45, 7) is 7.18. The minimum atomic E-state index is -0.224. The highest BCUT2D eigenvalue weighted by molar-refractivity contribution is 9.08. The van der Waals surface area contributed by atoms with E-state index in [0.29, 0.717) is 11.9 Å². The third-order valence-corrected chi connectivity index (χ3v) is 2.88. The average Bonchev–Trinajstić information content (AvgIpc) is 2.18. The Balaban J connectivity index is 2.60. The Kier molecular flexibility index (Phi) is 4.78. The van der Waals surface area contributed by atoms with Crippen molar-refractivity contribution in [3.8, 4) is 5.75 Å². The lowest BCUT2D eigenvalue weighted by Crippen LogP contribution is -2.11. The average molecular weight is 289 g/mol. The lowest BCUT2D eigenvalue weighted by atomic mass is 9.93. The largest absolute Gasteiger partial charge is 0.493 e. The first-order chi connectivity index (χ1) is 7.42. The summed E-state index contributed by atoms with van der Waals surface area (Å²) < 4.78 is 18.6. The Bertz CT molecular complexity index is 344. The zero-order valence-corrected chi connectivity index (χ0v) is 11.6. The topological polar surface area (TPSA) is 9.23 Å². The van der Waals surface area contributed by atoms with Crippen LogP contribution in [-0.2, 0) is 5.33 Å². The molecule has 0 fully saturated rings. The third kappa shape index (κ3) is 4.52. The molecule has 0 N–H and O–H groups in total. The van der Waals surface area contributed by atoms with Crippen LogP contribution in [0.3, 0.4) is 0 Å². The second-order valence-corrected chi connectivity index (χ2v) is 5.61. The van der Waals surface area contributed by atoms with Crippen molar-refractivity contribution >= 4 is 15.9 Å². The fourth-order valence-corrected chi connectivity index (χ4v) is 1.70. The molecule has 1 nitrogen and oxygen atoms in total. The number of benzene rings is 1. The van der Waals surface area contributed by atoms with Crippen molar-refractivity contribution in [2.45, 2.75) is 32.5 Å². The first-order valence-electron chi connectivity index (χ1n) is 5.39. The second kappa shape index (κ2) is 5.67. The lowest BCUT2D eigenvalue weighted by molar-refractivity contribution is 0.241. The molecule has 1 aromatic carbocycles. The first kappa shape index (κ1) is 13.5. The SMILES string of the molecule is CC(C)(C)CCOc1ccc(F)cc1CBr. The quantitative estimate of drug-likeness (QED) is 0.740. The van der Waals surface area contributed by atoms with Crippen LogP contribution in [0.25, 0.3) is 0 Å². The number of ether oxygens (including phenoxy) is 1. The molecule has 0 atom stereocenters. The maximum atomic E-state index is 13.0. The molecular formula is C13H18BrFO. The molecular weight excluding hydrogens is 271 g/mol. The Morgan fingerprint density at radius 2 is 2.00 bits per heavy atom. The van der Waals surface area contributed by atoms with E-state index in [2.05, 4.69) is 36.7 Å². The molecule has 0 aliphatic rings. The van der Waals surface area contributed by atoms with Crippen LogP contribution in [0.4, 0.5) is 4.39 Å². The Morgan fingerprint density at radius 3 is 2.56 bits per heavy atom. The van der Waals surface area contributed by atoms with E-state index in [4.69, 9.17) is 4.74 Å². The normalized spacial score (nSPS) is 11.6. The van der Waals surface area contributed by atoms with Crippen LogP contribution in [0.5, 0.6) is 5.75 Å². The molecule has 0 radical (unpaired) electrons. The van der Waals surface area contributed by atoms with Gasteiger partial charge in [-0.05, 0) is 30.0 Å². The van der Waals surface area contributed by atoms with Gasteiger partial charge in [-0.15, -0.1) is 0 Å². The van der Waals surface area contributed by atoms with Crippen LogP contribution < -0.4 is 4.74 Å². The summed E-state index contributed by atoms with van der Waals surface area (Å²) >= 11 is 3.33. The molecule has 0 bridgehead atoms. The van der Waals surface area contributed by atoms with Gasteiger partial charge < -0.3 is 4.74 Å². The van der Waals surface area contributed by atoms with E-state index in [-0.39, 0.29) is 11.2 Å². The van der Waals surface area contributed by atoms with Gasteiger partial charge in [0.05, 0.1) is 6.61 Å². The second-order valence-electron chi connectivity index (χ2n) is 5.04. The van der Waals surface area contributed by atoms with Crippen LogP contribution >= 0.6 is 15.9 Å². The van der Waals surface area contributed by atoms with Crippen molar-refractivity contribution in [2.75, 3.05) is 6.61 Å². The summed E-state index contributed by atoms with van der Waals surface area (Å²) in [7, 11) is 0. The van der Waals surface area contributed by atoms with Crippen LogP contribution in [0.15, 0.2) is 18.2 Å². The summed E-state index contributed by atoms with van der Waals surface area (Å²) in [5, 5.41) is 0.607. The van der Waals surface area contributed by atoms with Gasteiger partial charge in [-0.25, -0.2) is 4.39 Å². The van der Waals surface area contributed by atoms with Crippen molar-refractivity contribution in [3.05, 3.63) is 29.6 Å². The van der Waals surface area contributed by atoms with Gasteiger partial charge in [-0.2, -0.15) is 0 Å². The van der Waals surface area contributed by atoms with Gasteiger partial charge in [0.25, 0.3) is 0 Å². The first-order valence-corrected chi connectivity index (χ1v) is 6.52. The molecule has 0 saturated carbocycles. The van der Waals surface area contributed by atoms with E-state index in [1.165, 1.54) is 12.1 Å². The number of rotatable bonds is 4. The van der Waals surface area contributed by atoms with Crippen molar-refractivity contribution in [3.63, 3.8) is 0 Å². The van der Waals surface area contributed by atoms with E-state index in [1.807, 2.05) is 0 Å². The van der Waals surface area contributed by atoms with Crippen LogP contribution in [-0.4, -0.2) is 6.61 Å². The van der Waals surface area contributed by atoms with Crippen LogP contribution in [0.2, 0.25) is 0 Å². The highest BCUT2D eigenvalue weighted by Crippen LogP contribution is 2.24. The number of hydrogen-bond acceptors (Lipinski definition) is 1. The number of hydrogen-bond donors (Lipinski definition) is 0. The third-order valence-electron chi connectivity index (χ3n) is 2.28. The maximum Gasteiger partial charge on any atom is 0.123 e. The van der Waals surface area contributed by atoms with Gasteiger partial charge in [0, 0.05) is 10.9 Å². The minimum Gasteiger partial charge on any atom is -0.493 e. The fraction of sp³-hybridized carbons (Fsp3) is 0.538. The summed E-state index contributed by atoms with van der Waals surface area (Å²) in [6, 6.07) is 4.62. The van der Waals surface area contributed by atoms with Gasteiger partial charge in [0.1, 0.15) is 11.6 Å². The standard InChI is InChI=1S/C13H18BrFO/c1-13(2,3)6-7-16-12-5-4-11(15)8-10(12)9-14/h4-5,8H,6-7,9H2,1-3H3. The van der Waals surface area contributed by atoms with Crippen LogP contribution in [0.1, 0.15) is 32.8 Å². The maximum absolute atomic E-state index is 13.0. The lowest BCUT2D eigenvalue weighted by Gasteiger charge is -2.18. The van der Waals surface area contributed by atoms with Crippen molar-refractivity contribution in [1.82, 2.24) is 0 Å². The van der Waals surface area contributed by atoms with Gasteiger partial charge in [-0.3, -0.25) is 0 Å². The van der Waals surface area contributed by atoms with Gasteiger partial charge >= 0.3 is 0 Å². The highest BCUT2D eigenvalue weighted by Gasteiger charge is 2.11. The molecule has 0 saturated heterocycles. The Hall–Kier alpha value is -0.570. The molecule has 0 aliphatic carbocycles. The van der Waals surface area contributed by atoms with Crippen LogP contribution in [0, 0.1) is 11.2 Å². The van der Waals surface area contributed by atoms with E-state index in [1.54, 1.807) is 6.07 Å². The zero-order chi connectivity index (χ0) is 12.2. The Labute approximate surface area is 105 Å². The molecule has 0 unspecified atom stereocenters. The molecule has 0 heterocycles. The highest BCUT2D eigenvalue weighted by atomic mass is 79.9. The predicted octanol–water partition coefficient (Wildman–Crippen LogP) is 4.54. The minimum absolute atomic E-state index is 0.224. The monoisotopic (exact) mass is 288 g/mol. The summed E-state index contributed by atoms with van der Waals surface area (Å²) in [6.07, 6.45) is 0.978. The van der Waals surface area contributed by atoms with Crippen molar-refractivity contribution in [1.29, 1.82) is 0 Å². The molecule has 1 rings (SSSR count). The molecule has 3 heteroatoms.